The van der Waals surface area contributed by atoms with Crippen molar-refractivity contribution in [3.63, 3.8) is 0 Å². The maximum atomic E-state index is 9.92. The number of unbranched alkanes of at least 4 members (excludes halogenated alkanes) is 2. The molecule has 1 fully saturated rings. The SMILES string of the molecule is CCCCCOC[C@]1(O)OC[C@@H](O)[C@@H](O)[C@@H]1O. The van der Waals surface area contributed by atoms with Crippen molar-refractivity contribution in [2.45, 2.75) is 50.3 Å². The van der Waals surface area contributed by atoms with Gasteiger partial charge in [0.2, 0.25) is 5.79 Å². The maximum Gasteiger partial charge on any atom is 0.219 e. The van der Waals surface area contributed by atoms with E-state index in [2.05, 4.69) is 6.92 Å². The fraction of sp³-hybridized carbons (Fsp3) is 1.00. The van der Waals surface area contributed by atoms with E-state index in [1.54, 1.807) is 0 Å². The van der Waals surface area contributed by atoms with E-state index >= 15 is 0 Å². The van der Waals surface area contributed by atoms with Crippen LogP contribution in [0.2, 0.25) is 0 Å². The highest BCUT2D eigenvalue weighted by Gasteiger charge is 2.48. The Morgan fingerprint density at radius 3 is 2.65 bits per heavy atom. The molecule has 0 bridgehead atoms. The Bertz CT molecular complexity index is 224. The molecule has 0 aliphatic carbocycles. The number of aliphatic hydroxyl groups excluding tert-OH is 3. The minimum absolute atomic E-state index is 0.221. The standard InChI is InChI=1S/C11H22O6/c1-2-3-4-5-16-7-11(15)10(14)9(13)8(12)6-17-11/h8-10,12-15H,2-7H2,1H3/t8-,9-,10+,11+/m1/s1. The van der Waals surface area contributed by atoms with E-state index in [1.165, 1.54) is 0 Å². The van der Waals surface area contributed by atoms with E-state index in [0.717, 1.165) is 19.3 Å². The fourth-order valence-electron chi connectivity index (χ4n) is 1.69. The Kier molecular flexibility index (Phi) is 5.78. The van der Waals surface area contributed by atoms with E-state index in [0.29, 0.717) is 6.61 Å². The van der Waals surface area contributed by atoms with Crippen LogP contribution < -0.4 is 0 Å². The first kappa shape index (κ1) is 14.8. The van der Waals surface area contributed by atoms with Crippen LogP contribution in [0, 0.1) is 0 Å². The van der Waals surface area contributed by atoms with E-state index in [-0.39, 0.29) is 13.2 Å². The van der Waals surface area contributed by atoms with Gasteiger partial charge >= 0.3 is 0 Å². The van der Waals surface area contributed by atoms with E-state index in [1.807, 2.05) is 0 Å². The van der Waals surface area contributed by atoms with Crippen molar-refractivity contribution >= 4 is 0 Å². The van der Waals surface area contributed by atoms with Gasteiger partial charge in [-0.3, -0.25) is 0 Å². The first-order valence-electron chi connectivity index (χ1n) is 5.99. The summed E-state index contributed by atoms with van der Waals surface area (Å²) in [4.78, 5) is 0. The van der Waals surface area contributed by atoms with Crippen LogP contribution in [0.3, 0.4) is 0 Å². The Morgan fingerprint density at radius 1 is 1.29 bits per heavy atom. The average molecular weight is 250 g/mol. The number of ether oxygens (including phenoxy) is 2. The second-order valence-electron chi connectivity index (χ2n) is 4.42. The van der Waals surface area contributed by atoms with E-state index in [9.17, 15) is 20.4 Å². The van der Waals surface area contributed by atoms with Crippen LogP contribution in [-0.2, 0) is 9.47 Å². The predicted octanol–water partition coefficient (Wildman–Crippen LogP) is -1.01. The molecule has 6 heteroatoms. The highest BCUT2D eigenvalue weighted by Crippen LogP contribution is 2.24. The van der Waals surface area contributed by atoms with Crippen molar-refractivity contribution in [3.8, 4) is 0 Å². The van der Waals surface area contributed by atoms with Gasteiger partial charge in [-0.1, -0.05) is 19.8 Å². The largest absolute Gasteiger partial charge is 0.388 e. The van der Waals surface area contributed by atoms with Gasteiger partial charge in [0.25, 0.3) is 0 Å². The number of rotatable bonds is 6. The molecule has 0 aromatic carbocycles. The quantitative estimate of drug-likeness (QED) is 0.451. The fourth-order valence-corrected chi connectivity index (χ4v) is 1.69. The van der Waals surface area contributed by atoms with Gasteiger partial charge in [0.1, 0.15) is 24.9 Å². The van der Waals surface area contributed by atoms with Gasteiger partial charge in [0, 0.05) is 6.61 Å². The van der Waals surface area contributed by atoms with Gasteiger partial charge in [-0.2, -0.15) is 0 Å². The molecule has 0 aromatic rings. The zero-order valence-corrected chi connectivity index (χ0v) is 10.1. The van der Waals surface area contributed by atoms with Crippen molar-refractivity contribution in [2.75, 3.05) is 19.8 Å². The lowest BCUT2D eigenvalue weighted by atomic mass is 9.97. The monoisotopic (exact) mass is 250 g/mol. The Labute approximate surface area is 101 Å². The Balaban J connectivity index is 2.34. The van der Waals surface area contributed by atoms with Crippen molar-refractivity contribution in [1.29, 1.82) is 0 Å². The number of aliphatic hydroxyl groups is 4. The van der Waals surface area contributed by atoms with Crippen LogP contribution in [0.15, 0.2) is 0 Å². The highest BCUT2D eigenvalue weighted by molar-refractivity contribution is 4.91. The molecular weight excluding hydrogens is 228 g/mol. The lowest BCUT2D eigenvalue weighted by molar-refractivity contribution is -0.335. The zero-order valence-electron chi connectivity index (χ0n) is 10.1. The van der Waals surface area contributed by atoms with Gasteiger partial charge < -0.3 is 29.9 Å². The molecule has 1 rings (SSSR count). The van der Waals surface area contributed by atoms with Crippen molar-refractivity contribution in [2.24, 2.45) is 0 Å². The molecule has 4 atom stereocenters. The molecular formula is C11H22O6. The normalized spacial score (nSPS) is 38.3. The molecule has 4 N–H and O–H groups in total. The third kappa shape index (κ3) is 3.87. The number of hydrogen-bond acceptors (Lipinski definition) is 6. The molecule has 17 heavy (non-hydrogen) atoms. The molecule has 1 aliphatic heterocycles. The van der Waals surface area contributed by atoms with Crippen LogP contribution in [0.4, 0.5) is 0 Å². The summed E-state index contributed by atoms with van der Waals surface area (Å²) >= 11 is 0. The molecule has 6 nitrogen and oxygen atoms in total. The molecule has 0 aromatic heterocycles. The zero-order chi connectivity index (χ0) is 12.9. The van der Waals surface area contributed by atoms with Crippen LogP contribution in [-0.4, -0.2) is 64.3 Å². The van der Waals surface area contributed by atoms with Crippen LogP contribution in [0.25, 0.3) is 0 Å². The minimum atomic E-state index is -1.94. The van der Waals surface area contributed by atoms with Gasteiger partial charge in [-0.25, -0.2) is 0 Å². The molecule has 1 aliphatic rings. The van der Waals surface area contributed by atoms with Crippen LogP contribution in [0.5, 0.6) is 0 Å². The number of hydrogen-bond donors (Lipinski definition) is 4. The molecule has 0 amide bonds. The summed E-state index contributed by atoms with van der Waals surface area (Å²) in [7, 11) is 0. The summed E-state index contributed by atoms with van der Waals surface area (Å²) in [6.45, 7) is 2.08. The Hall–Kier alpha value is -0.240. The van der Waals surface area contributed by atoms with Crippen LogP contribution >= 0.6 is 0 Å². The van der Waals surface area contributed by atoms with E-state index < -0.39 is 24.1 Å². The molecule has 1 heterocycles. The van der Waals surface area contributed by atoms with Crippen molar-refractivity contribution < 1.29 is 29.9 Å². The second kappa shape index (κ2) is 6.63. The third-order valence-electron chi connectivity index (χ3n) is 2.89. The minimum Gasteiger partial charge on any atom is -0.388 e. The van der Waals surface area contributed by atoms with Crippen molar-refractivity contribution in [1.82, 2.24) is 0 Å². The molecule has 102 valence electrons. The summed E-state index contributed by atoms with van der Waals surface area (Å²) in [6, 6.07) is 0. The molecule has 0 saturated carbocycles. The topological polar surface area (TPSA) is 99.4 Å². The lowest BCUT2D eigenvalue weighted by Crippen LogP contribution is -2.62. The smallest absolute Gasteiger partial charge is 0.219 e. The lowest BCUT2D eigenvalue weighted by Gasteiger charge is -2.41. The highest BCUT2D eigenvalue weighted by atomic mass is 16.7. The van der Waals surface area contributed by atoms with Gasteiger partial charge in [-0.05, 0) is 6.42 Å². The molecule has 1 saturated heterocycles. The average Bonchev–Trinajstić information content (AvgIpc) is 2.32. The van der Waals surface area contributed by atoms with Gasteiger partial charge in [0.05, 0.1) is 6.61 Å². The van der Waals surface area contributed by atoms with Crippen LogP contribution in [0.1, 0.15) is 26.2 Å². The first-order valence-corrected chi connectivity index (χ1v) is 5.99. The second-order valence-corrected chi connectivity index (χ2v) is 4.42. The summed E-state index contributed by atoms with van der Waals surface area (Å²) in [6.07, 6.45) is -1.22. The summed E-state index contributed by atoms with van der Waals surface area (Å²) in [5.74, 6) is -1.94. The van der Waals surface area contributed by atoms with Crippen molar-refractivity contribution in [3.05, 3.63) is 0 Å². The molecule has 0 radical (unpaired) electrons. The first-order chi connectivity index (χ1) is 8.01. The van der Waals surface area contributed by atoms with E-state index in [4.69, 9.17) is 9.47 Å². The summed E-state index contributed by atoms with van der Waals surface area (Å²) in [5, 5.41) is 38.2. The predicted molar refractivity (Wildman–Crippen MR) is 59.3 cm³/mol. The third-order valence-corrected chi connectivity index (χ3v) is 2.89. The van der Waals surface area contributed by atoms with Gasteiger partial charge in [0.15, 0.2) is 0 Å². The molecule has 0 unspecified atom stereocenters. The maximum absolute atomic E-state index is 9.92. The summed E-state index contributed by atoms with van der Waals surface area (Å²) < 4.78 is 10.1. The molecule has 0 spiro atoms. The van der Waals surface area contributed by atoms with Gasteiger partial charge in [-0.15, -0.1) is 0 Å². The Morgan fingerprint density at radius 2 is 2.00 bits per heavy atom. The summed E-state index contributed by atoms with van der Waals surface area (Å²) in [5.41, 5.74) is 0.